The van der Waals surface area contributed by atoms with Crippen molar-refractivity contribution in [2.24, 2.45) is 0 Å². The van der Waals surface area contributed by atoms with Crippen molar-refractivity contribution in [2.45, 2.75) is 16.6 Å². The Hall–Kier alpha value is -2.31. The molecule has 134 valence electrons. The maximum absolute atomic E-state index is 12.6. The molecule has 4 rings (SSSR count). The first kappa shape index (κ1) is 17.1. The van der Waals surface area contributed by atoms with Gasteiger partial charge in [-0.15, -0.1) is 0 Å². The van der Waals surface area contributed by atoms with E-state index in [2.05, 4.69) is 4.98 Å². The molecule has 0 radical (unpaired) electrons. The smallest absolute Gasteiger partial charge is 0.227 e. The van der Waals surface area contributed by atoms with E-state index in [1.54, 1.807) is 17.0 Å². The van der Waals surface area contributed by atoms with Gasteiger partial charge in [-0.3, -0.25) is 4.79 Å². The standard InChI is InChI=1S/C19H17ClN2O3S/c20-14-5-7-15(8-6-14)26(24,25)16-11-22(12-16)19(23)9-13-10-21-18-4-2-1-3-17(13)18/h1-8,10,16,21H,9,11-12H2. The number of benzene rings is 2. The molecule has 7 heteroatoms. The predicted octanol–water partition coefficient (Wildman–Crippen LogP) is 3.05. The number of amides is 1. The molecular formula is C19H17ClN2O3S. The van der Waals surface area contributed by atoms with Crippen LogP contribution in [-0.2, 0) is 21.1 Å². The molecule has 2 heterocycles. The van der Waals surface area contributed by atoms with Crippen molar-refractivity contribution < 1.29 is 13.2 Å². The van der Waals surface area contributed by atoms with Crippen LogP contribution in [-0.4, -0.2) is 42.5 Å². The molecule has 2 aromatic carbocycles. The number of aromatic amines is 1. The lowest BCUT2D eigenvalue weighted by atomic mass is 10.1. The van der Waals surface area contributed by atoms with E-state index in [4.69, 9.17) is 11.6 Å². The predicted molar refractivity (Wildman–Crippen MR) is 101 cm³/mol. The lowest BCUT2D eigenvalue weighted by Gasteiger charge is -2.38. The van der Waals surface area contributed by atoms with Crippen LogP contribution in [0.15, 0.2) is 59.6 Å². The first-order chi connectivity index (χ1) is 12.4. The molecule has 1 saturated heterocycles. The van der Waals surface area contributed by atoms with Gasteiger partial charge >= 0.3 is 0 Å². The highest BCUT2D eigenvalue weighted by atomic mass is 35.5. The fourth-order valence-corrected chi connectivity index (χ4v) is 4.99. The van der Waals surface area contributed by atoms with E-state index in [9.17, 15) is 13.2 Å². The van der Waals surface area contributed by atoms with Crippen molar-refractivity contribution in [1.82, 2.24) is 9.88 Å². The summed E-state index contributed by atoms with van der Waals surface area (Å²) in [7, 11) is -3.44. The highest BCUT2D eigenvalue weighted by Crippen LogP contribution is 2.26. The van der Waals surface area contributed by atoms with Crippen LogP contribution in [0.25, 0.3) is 10.9 Å². The number of sulfone groups is 1. The number of nitrogens with zero attached hydrogens (tertiary/aromatic N) is 1. The summed E-state index contributed by atoms with van der Waals surface area (Å²) >= 11 is 5.81. The van der Waals surface area contributed by atoms with E-state index in [1.807, 2.05) is 30.5 Å². The number of aromatic nitrogens is 1. The van der Waals surface area contributed by atoms with Crippen molar-refractivity contribution in [3.63, 3.8) is 0 Å². The largest absolute Gasteiger partial charge is 0.361 e. The zero-order chi connectivity index (χ0) is 18.3. The van der Waals surface area contributed by atoms with Crippen LogP contribution in [0.5, 0.6) is 0 Å². The number of hydrogen-bond acceptors (Lipinski definition) is 3. The van der Waals surface area contributed by atoms with Crippen LogP contribution in [0.2, 0.25) is 5.02 Å². The molecule has 0 saturated carbocycles. The summed E-state index contributed by atoms with van der Waals surface area (Å²) in [5, 5.41) is 0.954. The third-order valence-electron chi connectivity index (χ3n) is 4.80. The van der Waals surface area contributed by atoms with Gasteiger partial charge < -0.3 is 9.88 Å². The SMILES string of the molecule is O=C(Cc1c[nH]c2ccccc12)N1CC(S(=O)(=O)c2ccc(Cl)cc2)C1. The third kappa shape index (κ3) is 2.99. The molecule has 0 spiro atoms. The van der Waals surface area contributed by atoms with E-state index >= 15 is 0 Å². The molecule has 3 aromatic rings. The van der Waals surface area contributed by atoms with E-state index in [0.717, 1.165) is 16.5 Å². The molecule has 0 unspecified atom stereocenters. The van der Waals surface area contributed by atoms with Crippen molar-refractivity contribution in [3.05, 3.63) is 65.3 Å². The van der Waals surface area contributed by atoms with Crippen LogP contribution in [0.3, 0.4) is 0 Å². The molecule has 0 atom stereocenters. The second-order valence-corrected chi connectivity index (χ2v) is 9.12. The molecule has 1 aliphatic rings. The molecule has 26 heavy (non-hydrogen) atoms. The van der Waals surface area contributed by atoms with Crippen LogP contribution < -0.4 is 0 Å². The van der Waals surface area contributed by atoms with Crippen LogP contribution in [0, 0.1) is 0 Å². The second-order valence-electron chi connectivity index (χ2n) is 6.46. The van der Waals surface area contributed by atoms with Gasteiger partial charge in [-0.2, -0.15) is 0 Å². The first-order valence-electron chi connectivity index (χ1n) is 8.27. The average molecular weight is 389 g/mol. The minimum absolute atomic E-state index is 0.0580. The molecular weight excluding hydrogens is 372 g/mol. The highest BCUT2D eigenvalue weighted by Gasteiger charge is 2.40. The number of rotatable bonds is 4. The Kier molecular flexibility index (Phi) is 4.25. The quantitative estimate of drug-likeness (QED) is 0.746. The van der Waals surface area contributed by atoms with Crippen molar-refractivity contribution in [3.8, 4) is 0 Å². The fraction of sp³-hybridized carbons (Fsp3) is 0.211. The van der Waals surface area contributed by atoms with Gasteiger partial charge in [-0.05, 0) is 35.9 Å². The summed E-state index contributed by atoms with van der Waals surface area (Å²) in [4.78, 5) is 17.5. The number of carbonyl (C=O) groups is 1. The second kappa shape index (κ2) is 6.45. The maximum Gasteiger partial charge on any atom is 0.227 e. The average Bonchev–Trinajstić information content (AvgIpc) is 2.97. The molecule has 1 fully saturated rings. The zero-order valence-corrected chi connectivity index (χ0v) is 15.4. The van der Waals surface area contributed by atoms with Crippen LogP contribution in [0.1, 0.15) is 5.56 Å². The van der Waals surface area contributed by atoms with Crippen LogP contribution in [0.4, 0.5) is 0 Å². The van der Waals surface area contributed by atoms with Gasteiger partial charge in [0.25, 0.3) is 0 Å². The van der Waals surface area contributed by atoms with Gasteiger partial charge in [0.1, 0.15) is 5.25 Å². The summed E-state index contributed by atoms with van der Waals surface area (Å²) in [6.07, 6.45) is 2.10. The number of carbonyl (C=O) groups excluding carboxylic acids is 1. The number of likely N-dealkylation sites (tertiary alicyclic amines) is 1. The molecule has 1 aromatic heterocycles. The zero-order valence-electron chi connectivity index (χ0n) is 13.9. The molecule has 0 bridgehead atoms. The number of fused-ring (bicyclic) bond motifs is 1. The molecule has 1 aliphatic heterocycles. The summed E-state index contributed by atoms with van der Waals surface area (Å²) in [5.74, 6) is -0.0580. The number of hydrogen-bond donors (Lipinski definition) is 1. The van der Waals surface area contributed by atoms with Gasteiger partial charge in [-0.25, -0.2) is 8.42 Å². The summed E-state index contributed by atoms with van der Waals surface area (Å²) in [6.45, 7) is 0.457. The molecule has 5 nitrogen and oxygen atoms in total. The minimum atomic E-state index is -3.44. The van der Waals surface area contributed by atoms with Crippen molar-refractivity contribution >= 4 is 38.2 Å². The topological polar surface area (TPSA) is 70.2 Å². The Bertz CT molecular complexity index is 1070. The van der Waals surface area contributed by atoms with Crippen molar-refractivity contribution in [1.29, 1.82) is 0 Å². The Labute approximate surface area is 156 Å². The van der Waals surface area contributed by atoms with E-state index < -0.39 is 15.1 Å². The Balaban J connectivity index is 1.42. The lowest BCUT2D eigenvalue weighted by Crippen LogP contribution is -2.57. The molecule has 0 aliphatic carbocycles. The fourth-order valence-electron chi connectivity index (χ4n) is 3.21. The maximum atomic E-state index is 12.6. The van der Waals surface area contributed by atoms with Gasteiger partial charge in [0.2, 0.25) is 5.91 Å². The summed E-state index contributed by atoms with van der Waals surface area (Å²) in [5.41, 5.74) is 1.91. The summed E-state index contributed by atoms with van der Waals surface area (Å²) < 4.78 is 25.2. The highest BCUT2D eigenvalue weighted by molar-refractivity contribution is 7.92. The van der Waals surface area contributed by atoms with E-state index in [0.29, 0.717) is 5.02 Å². The van der Waals surface area contributed by atoms with Gasteiger partial charge in [0.15, 0.2) is 9.84 Å². The van der Waals surface area contributed by atoms with E-state index in [1.165, 1.54) is 12.1 Å². The third-order valence-corrected chi connectivity index (χ3v) is 7.16. The number of para-hydroxylation sites is 1. The normalized spacial score (nSPS) is 15.2. The van der Waals surface area contributed by atoms with E-state index in [-0.39, 0.29) is 30.3 Å². The Morgan fingerprint density at radius 2 is 1.81 bits per heavy atom. The van der Waals surface area contributed by atoms with Gasteiger partial charge in [0.05, 0.1) is 11.3 Å². The lowest BCUT2D eigenvalue weighted by molar-refractivity contribution is -0.133. The van der Waals surface area contributed by atoms with Gasteiger partial charge in [0, 0.05) is 35.2 Å². The molecule has 1 N–H and O–H groups in total. The van der Waals surface area contributed by atoms with Gasteiger partial charge in [-0.1, -0.05) is 29.8 Å². The monoisotopic (exact) mass is 388 g/mol. The van der Waals surface area contributed by atoms with Crippen LogP contribution >= 0.6 is 11.6 Å². The van der Waals surface area contributed by atoms with Crippen molar-refractivity contribution in [2.75, 3.05) is 13.1 Å². The Morgan fingerprint density at radius 3 is 2.54 bits per heavy atom. The number of halogens is 1. The Morgan fingerprint density at radius 1 is 1.12 bits per heavy atom. The number of H-pyrrole nitrogens is 1. The molecule has 1 amide bonds. The summed E-state index contributed by atoms with van der Waals surface area (Å²) in [6, 6.07) is 13.9. The first-order valence-corrected chi connectivity index (χ1v) is 10.2. The number of nitrogens with one attached hydrogen (secondary N) is 1. The minimum Gasteiger partial charge on any atom is -0.361 e.